The highest BCUT2D eigenvalue weighted by Gasteiger charge is 2.26. The number of anilines is 1. The molecule has 30 heavy (non-hydrogen) atoms. The molecule has 2 saturated heterocycles. The van der Waals surface area contributed by atoms with E-state index in [9.17, 15) is 0 Å². The van der Waals surface area contributed by atoms with E-state index in [1.807, 2.05) is 0 Å². The highest BCUT2D eigenvalue weighted by molar-refractivity contribution is 7.99. The summed E-state index contributed by atoms with van der Waals surface area (Å²) < 4.78 is 5.18. The number of aromatic nitrogens is 2. The van der Waals surface area contributed by atoms with Crippen LogP contribution in [0.2, 0.25) is 0 Å². The second-order valence-electron chi connectivity index (χ2n) is 8.44. The van der Waals surface area contributed by atoms with E-state index >= 15 is 0 Å². The lowest BCUT2D eigenvalue weighted by atomic mass is 10.0. The fourth-order valence-corrected chi connectivity index (χ4v) is 5.44. The van der Waals surface area contributed by atoms with Crippen molar-refractivity contribution in [3.63, 3.8) is 0 Å². The van der Waals surface area contributed by atoms with Gasteiger partial charge in [-0.25, -0.2) is 9.97 Å². The zero-order chi connectivity index (χ0) is 20.8. The molecule has 2 aromatic rings. The molecule has 3 heterocycles. The summed E-state index contributed by atoms with van der Waals surface area (Å²) in [4.78, 5) is 15.1. The van der Waals surface area contributed by atoms with Gasteiger partial charge in [-0.1, -0.05) is 11.6 Å². The van der Waals surface area contributed by atoms with Gasteiger partial charge in [0.05, 0.1) is 12.1 Å². The first-order chi connectivity index (χ1) is 14.7. The SMILES string of the molecule is COCCCNc1nc(CN2CCC(N3CCSCC3)CC2)nc2ccc(C)cc12. The Balaban J connectivity index is 1.41. The van der Waals surface area contributed by atoms with Crippen molar-refractivity contribution < 1.29 is 4.74 Å². The molecule has 2 fully saturated rings. The number of piperidine rings is 1. The van der Waals surface area contributed by atoms with Gasteiger partial charge >= 0.3 is 0 Å². The lowest BCUT2D eigenvalue weighted by Gasteiger charge is -2.39. The van der Waals surface area contributed by atoms with Crippen LogP contribution < -0.4 is 5.32 Å². The third kappa shape index (κ3) is 5.63. The van der Waals surface area contributed by atoms with Crippen LogP contribution in [-0.4, -0.2) is 83.8 Å². The Morgan fingerprint density at radius 2 is 1.93 bits per heavy atom. The molecule has 1 aromatic carbocycles. The number of nitrogens with zero attached hydrogens (tertiary/aromatic N) is 4. The zero-order valence-electron chi connectivity index (χ0n) is 18.4. The number of nitrogens with one attached hydrogen (secondary N) is 1. The maximum absolute atomic E-state index is 5.18. The van der Waals surface area contributed by atoms with E-state index in [1.165, 1.54) is 43.0 Å². The summed E-state index contributed by atoms with van der Waals surface area (Å²) in [5, 5.41) is 4.63. The quantitative estimate of drug-likeness (QED) is 0.646. The third-order valence-electron chi connectivity index (χ3n) is 6.20. The second kappa shape index (κ2) is 10.8. The minimum Gasteiger partial charge on any atom is -0.385 e. The number of rotatable bonds is 8. The first-order valence-electron chi connectivity index (χ1n) is 11.3. The summed E-state index contributed by atoms with van der Waals surface area (Å²) in [5.41, 5.74) is 2.26. The average Bonchev–Trinajstić information content (AvgIpc) is 2.78. The molecule has 0 atom stereocenters. The molecule has 0 amide bonds. The van der Waals surface area contributed by atoms with Crippen LogP contribution in [0.25, 0.3) is 10.9 Å². The Morgan fingerprint density at radius 1 is 1.13 bits per heavy atom. The number of fused-ring (bicyclic) bond motifs is 1. The first kappa shape index (κ1) is 21.8. The van der Waals surface area contributed by atoms with Gasteiger partial charge in [-0.15, -0.1) is 0 Å². The van der Waals surface area contributed by atoms with Crippen LogP contribution in [0.1, 0.15) is 30.7 Å². The van der Waals surface area contributed by atoms with Gasteiger partial charge in [0.25, 0.3) is 0 Å². The van der Waals surface area contributed by atoms with Gasteiger partial charge in [0.1, 0.15) is 11.6 Å². The normalized spacial score (nSPS) is 19.4. The molecular formula is C23H35N5OS. The van der Waals surface area contributed by atoms with E-state index in [1.54, 1.807) is 7.11 Å². The predicted molar refractivity (Wildman–Crippen MR) is 126 cm³/mol. The smallest absolute Gasteiger partial charge is 0.145 e. The molecule has 0 unspecified atom stereocenters. The number of aryl methyl sites for hydroxylation is 1. The maximum atomic E-state index is 5.18. The van der Waals surface area contributed by atoms with E-state index in [-0.39, 0.29) is 0 Å². The van der Waals surface area contributed by atoms with Crippen molar-refractivity contribution in [1.29, 1.82) is 0 Å². The molecule has 0 bridgehead atoms. The van der Waals surface area contributed by atoms with Crippen molar-refractivity contribution in [2.45, 2.75) is 38.8 Å². The van der Waals surface area contributed by atoms with Crippen molar-refractivity contribution in [2.75, 3.05) is 63.3 Å². The number of likely N-dealkylation sites (tertiary alicyclic amines) is 1. The monoisotopic (exact) mass is 429 g/mol. The molecule has 0 radical (unpaired) electrons. The second-order valence-corrected chi connectivity index (χ2v) is 9.66. The van der Waals surface area contributed by atoms with Gasteiger partial charge in [-0.3, -0.25) is 9.80 Å². The molecule has 7 heteroatoms. The lowest BCUT2D eigenvalue weighted by Crippen LogP contribution is -2.47. The highest BCUT2D eigenvalue weighted by atomic mass is 32.2. The largest absolute Gasteiger partial charge is 0.385 e. The molecule has 1 N–H and O–H groups in total. The number of methoxy groups -OCH3 is 1. The Bertz CT molecular complexity index is 819. The standard InChI is InChI=1S/C23H35N5OS/c1-18-4-5-21-20(16-18)23(24-8-3-13-29-2)26-22(25-21)17-27-9-6-19(7-10-27)28-11-14-30-15-12-28/h4-5,16,19H,3,6-15,17H2,1-2H3,(H,24,25,26). The topological polar surface area (TPSA) is 53.5 Å². The lowest BCUT2D eigenvalue weighted by molar-refractivity contribution is 0.111. The number of hydrogen-bond donors (Lipinski definition) is 1. The molecular weight excluding hydrogens is 394 g/mol. The molecule has 0 saturated carbocycles. The van der Waals surface area contributed by atoms with Crippen LogP contribution in [0.5, 0.6) is 0 Å². The molecule has 0 spiro atoms. The van der Waals surface area contributed by atoms with Crippen LogP contribution in [0.15, 0.2) is 18.2 Å². The van der Waals surface area contributed by atoms with Crippen LogP contribution in [0, 0.1) is 6.92 Å². The Kier molecular flexibility index (Phi) is 7.82. The van der Waals surface area contributed by atoms with Gasteiger partial charge in [0, 0.05) is 69.4 Å². The maximum Gasteiger partial charge on any atom is 0.145 e. The molecule has 2 aliphatic heterocycles. The Labute approximate surface area is 184 Å². The first-order valence-corrected chi connectivity index (χ1v) is 12.4. The molecule has 0 aliphatic carbocycles. The average molecular weight is 430 g/mol. The number of benzene rings is 1. The summed E-state index contributed by atoms with van der Waals surface area (Å²) in [5.74, 6) is 4.47. The van der Waals surface area contributed by atoms with Gasteiger partial charge in [0.2, 0.25) is 0 Å². The number of hydrogen-bond acceptors (Lipinski definition) is 7. The summed E-state index contributed by atoms with van der Waals surface area (Å²) in [6.45, 7) is 9.37. The fourth-order valence-electron chi connectivity index (χ4n) is 4.50. The summed E-state index contributed by atoms with van der Waals surface area (Å²) in [6.07, 6.45) is 3.49. The van der Waals surface area contributed by atoms with Crippen molar-refractivity contribution in [3.05, 3.63) is 29.6 Å². The van der Waals surface area contributed by atoms with Crippen LogP contribution >= 0.6 is 11.8 Å². The van der Waals surface area contributed by atoms with E-state index in [2.05, 4.69) is 52.0 Å². The van der Waals surface area contributed by atoms with Gasteiger partial charge in [-0.05, 0) is 38.3 Å². The Morgan fingerprint density at radius 3 is 2.70 bits per heavy atom. The van der Waals surface area contributed by atoms with E-state index in [4.69, 9.17) is 14.7 Å². The minimum atomic E-state index is 0.756. The molecule has 6 nitrogen and oxygen atoms in total. The fraction of sp³-hybridized carbons (Fsp3) is 0.652. The highest BCUT2D eigenvalue weighted by Crippen LogP contribution is 2.24. The van der Waals surface area contributed by atoms with Crippen molar-refractivity contribution >= 4 is 28.5 Å². The van der Waals surface area contributed by atoms with Gasteiger partial charge in [0.15, 0.2) is 0 Å². The van der Waals surface area contributed by atoms with Crippen molar-refractivity contribution in [3.8, 4) is 0 Å². The summed E-state index contributed by atoms with van der Waals surface area (Å²) >= 11 is 2.09. The van der Waals surface area contributed by atoms with Crippen LogP contribution in [-0.2, 0) is 11.3 Å². The Hall–Kier alpha value is -1.41. The van der Waals surface area contributed by atoms with Crippen LogP contribution in [0.4, 0.5) is 5.82 Å². The van der Waals surface area contributed by atoms with E-state index in [0.29, 0.717) is 0 Å². The molecule has 164 valence electrons. The van der Waals surface area contributed by atoms with E-state index in [0.717, 1.165) is 67.8 Å². The van der Waals surface area contributed by atoms with Crippen molar-refractivity contribution in [1.82, 2.24) is 19.8 Å². The molecule has 1 aromatic heterocycles. The minimum absolute atomic E-state index is 0.756. The van der Waals surface area contributed by atoms with E-state index < -0.39 is 0 Å². The number of ether oxygens (including phenoxy) is 1. The van der Waals surface area contributed by atoms with Crippen LogP contribution in [0.3, 0.4) is 0 Å². The number of thioether (sulfide) groups is 1. The van der Waals surface area contributed by atoms with Gasteiger partial charge in [-0.2, -0.15) is 11.8 Å². The summed E-state index contributed by atoms with van der Waals surface area (Å²) in [7, 11) is 1.75. The molecule has 4 rings (SSSR count). The zero-order valence-corrected chi connectivity index (χ0v) is 19.2. The molecule has 2 aliphatic rings. The summed E-state index contributed by atoms with van der Waals surface area (Å²) in [6, 6.07) is 7.20. The predicted octanol–water partition coefficient (Wildman–Crippen LogP) is 3.40. The third-order valence-corrected chi connectivity index (χ3v) is 7.14. The van der Waals surface area contributed by atoms with Gasteiger partial charge < -0.3 is 10.1 Å². The van der Waals surface area contributed by atoms with Crippen molar-refractivity contribution in [2.24, 2.45) is 0 Å².